The standard InChI is InChI=1S/C21H30N2O.C6H8O7/c1-4-7-15-23(17-16-22(5-2)6-3)21(24)20-14-10-12-18-11-8-9-13-19(18)20;7-3(8)1-6(13,5(11)12)2-4(9)10/h8-14H,4-7,15-17H2,1-3H3;13H,1-2H2,(H,7,8)(H,9,10)(H,11,12)/p+2. The number of amides is 1. The Morgan fingerprint density at radius 2 is 1.35 bits per heavy atom. The number of aliphatic hydroxyl groups is 1. The van der Waals surface area contributed by atoms with E-state index in [0.717, 1.165) is 66.8 Å². The number of hydrogen-bond acceptors (Lipinski definition) is 5. The third-order valence-corrected chi connectivity index (χ3v) is 6.25. The summed E-state index contributed by atoms with van der Waals surface area (Å²) in [5, 5.41) is 36.0. The van der Waals surface area contributed by atoms with Crippen molar-refractivity contribution in [3.63, 3.8) is 0 Å². The van der Waals surface area contributed by atoms with Crippen molar-refractivity contribution in [1.82, 2.24) is 0 Å². The fourth-order valence-electron chi connectivity index (χ4n) is 4.00. The number of quaternary nitrogens is 2. The molecule has 6 N–H and O–H groups in total. The quantitative estimate of drug-likeness (QED) is 0.208. The van der Waals surface area contributed by atoms with Crippen LogP contribution in [0.1, 0.15) is 56.8 Å². The van der Waals surface area contributed by atoms with E-state index in [1.807, 2.05) is 24.3 Å². The van der Waals surface area contributed by atoms with Crippen molar-refractivity contribution >= 4 is 34.6 Å². The maximum absolute atomic E-state index is 13.2. The van der Waals surface area contributed by atoms with E-state index in [4.69, 9.17) is 20.4 Å². The van der Waals surface area contributed by atoms with Crippen molar-refractivity contribution in [3.8, 4) is 0 Å². The van der Waals surface area contributed by atoms with E-state index in [2.05, 4.69) is 39.0 Å². The molecular formula is C27H40N2O8+2. The first-order valence-electron chi connectivity index (χ1n) is 12.6. The highest BCUT2D eigenvalue weighted by Crippen LogP contribution is 2.18. The molecule has 0 aliphatic heterocycles. The fraction of sp³-hybridized carbons (Fsp3) is 0.481. The zero-order valence-corrected chi connectivity index (χ0v) is 21.8. The Labute approximate surface area is 217 Å². The molecule has 2 aromatic carbocycles. The van der Waals surface area contributed by atoms with Gasteiger partial charge in [0.25, 0.3) is 0 Å². The van der Waals surface area contributed by atoms with E-state index in [0.29, 0.717) is 0 Å². The minimum absolute atomic E-state index is 0.256. The normalized spacial score (nSPS) is 12.0. The lowest BCUT2D eigenvalue weighted by Crippen LogP contribution is -3.21. The summed E-state index contributed by atoms with van der Waals surface area (Å²) in [5.74, 6) is -4.76. The highest BCUT2D eigenvalue weighted by molar-refractivity contribution is 6.03. The van der Waals surface area contributed by atoms with E-state index < -0.39 is 36.4 Å². The number of hydrogen-bond donors (Lipinski definition) is 6. The molecule has 2 aromatic rings. The van der Waals surface area contributed by atoms with Crippen LogP contribution in [0.15, 0.2) is 42.5 Å². The fourth-order valence-corrected chi connectivity index (χ4v) is 4.00. The molecule has 0 spiro atoms. The average molecular weight is 521 g/mol. The van der Waals surface area contributed by atoms with E-state index in [1.54, 1.807) is 4.90 Å². The number of rotatable bonds is 14. The largest absolute Gasteiger partial charge is 0.481 e. The molecule has 0 heterocycles. The Morgan fingerprint density at radius 3 is 1.86 bits per heavy atom. The smallest absolute Gasteiger partial charge is 0.345 e. The first-order chi connectivity index (χ1) is 17.5. The van der Waals surface area contributed by atoms with Gasteiger partial charge in [-0.05, 0) is 37.1 Å². The van der Waals surface area contributed by atoms with Gasteiger partial charge < -0.3 is 25.3 Å². The van der Waals surface area contributed by atoms with Gasteiger partial charge in [0.15, 0.2) is 5.60 Å². The molecule has 1 unspecified atom stereocenters. The van der Waals surface area contributed by atoms with Gasteiger partial charge >= 0.3 is 23.8 Å². The maximum Gasteiger partial charge on any atom is 0.345 e. The molecule has 0 aliphatic rings. The summed E-state index contributed by atoms with van der Waals surface area (Å²) in [4.78, 5) is 46.4. The van der Waals surface area contributed by atoms with Gasteiger partial charge in [0.05, 0.1) is 38.0 Å². The van der Waals surface area contributed by atoms with E-state index in [9.17, 15) is 19.2 Å². The lowest BCUT2D eigenvalue weighted by Gasteiger charge is -2.21. The van der Waals surface area contributed by atoms with Gasteiger partial charge in [-0.1, -0.05) is 49.7 Å². The van der Waals surface area contributed by atoms with Gasteiger partial charge in [-0.3, -0.25) is 14.5 Å². The zero-order valence-electron chi connectivity index (χ0n) is 21.8. The molecule has 10 heteroatoms. The predicted octanol–water partition coefficient (Wildman–Crippen LogP) is 0.341. The Hall–Kier alpha value is -3.34. The number of benzene rings is 2. The SMILES string of the molecule is CCCC[NH+](CC[NH+](CC)CC)C(=O)c1cccc2ccccc12.O=C(O)CC(O)(CC(=O)O)C(=O)O. The van der Waals surface area contributed by atoms with Crippen LogP contribution in [0.25, 0.3) is 10.8 Å². The third-order valence-electron chi connectivity index (χ3n) is 6.25. The molecule has 10 nitrogen and oxygen atoms in total. The molecule has 37 heavy (non-hydrogen) atoms. The molecule has 0 saturated carbocycles. The summed E-state index contributed by atoms with van der Waals surface area (Å²) in [5.41, 5.74) is -1.87. The monoisotopic (exact) mass is 520 g/mol. The van der Waals surface area contributed by atoms with Crippen molar-refractivity contribution in [3.05, 3.63) is 48.0 Å². The van der Waals surface area contributed by atoms with Crippen molar-refractivity contribution in [1.29, 1.82) is 0 Å². The van der Waals surface area contributed by atoms with Crippen LogP contribution in [0.4, 0.5) is 0 Å². The van der Waals surface area contributed by atoms with Crippen LogP contribution in [0.3, 0.4) is 0 Å². The number of fused-ring (bicyclic) bond motifs is 1. The Kier molecular flexibility index (Phi) is 13.4. The van der Waals surface area contributed by atoms with E-state index in [1.165, 1.54) is 0 Å². The van der Waals surface area contributed by atoms with Gasteiger partial charge in [-0.15, -0.1) is 0 Å². The summed E-state index contributed by atoms with van der Waals surface area (Å²) in [6.45, 7) is 11.8. The number of carboxylic acid groups (broad SMARTS) is 3. The van der Waals surface area contributed by atoms with Crippen LogP contribution >= 0.6 is 0 Å². The number of carbonyl (C=O) groups is 4. The summed E-state index contributed by atoms with van der Waals surface area (Å²) in [7, 11) is 0. The van der Waals surface area contributed by atoms with Gasteiger partial charge in [0, 0.05) is 0 Å². The van der Waals surface area contributed by atoms with Crippen LogP contribution in [0.2, 0.25) is 0 Å². The van der Waals surface area contributed by atoms with Crippen molar-refractivity contribution in [2.24, 2.45) is 0 Å². The lowest BCUT2D eigenvalue weighted by atomic mass is 9.96. The Bertz CT molecular complexity index is 1030. The third kappa shape index (κ3) is 10.3. The van der Waals surface area contributed by atoms with E-state index in [-0.39, 0.29) is 5.91 Å². The van der Waals surface area contributed by atoms with Crippen molar-refractivity contribution in [2.75, 3.05) is 32.7 Å². The van der Waals surface area contributed by atoms with Gasteiger partial charge in [-0.2, -0.15) is 0 Å². The topological polar surface area (TPSA) is 158 Å². The minimum Gasteiger partial charge on any atom is -0.481 e. The number of aliphatic carboxylic acids is 3. The molecule has 1 atom stereocenters. The zero-order chi connectivity index (χ0) is 28.0. The molecule has 2 rings (SSSR count). The van der Waals surface area contributed by atoms with Gasteiger partial charge in [-0.25, -0.2) is 9.59 Å². The molecule has 0 aliphatic carbocycles. The summed E-state index contributed by atoms with van der Waals surface area (Å²) < 4.78 is 0. The first kappa shape index (κ1) is 31.7. The molecule has 1 amide bonds. The number of likely N-dealkylation sites (N-methyl/N-ethyl adjacent to an activating group) is 1. The second-order valence-corrected chi connectivity index (χ2v) is 9.00. The van der Waals surface area contributed by atoms with Crippen molar-refractivity contribution < 1.29 is 49.4 Å². The van der Waals surface area contributed by atoms with Gasteiger partial charge in [0.2, 0.25) is 0 Å². The highest BCUT2D eigenvalue weighted by Gasteiger charge is 2.40. The maximum atomic E-state index is 13.2. The number of carboxylic acids is 3. The second-order valence-electron chi connectivity index (χ2n) is 9.00. The van der Waals surface area contributed by atoms with Crippen molar-refractivity contribution in [2.45, 2.75) is 52.1 Å². The average Bonchev–Trinajstić information content (AvgIpc) is 2.85. The summed E-state index contributed by atoms with van der Waals surface area (Å²) >= 11 is 0. The Morgan fingerprint density at radius 1 is 0.784 bits per heavy atom. The van der Waals surface area contributed by atoms with Gasteiger partial charge in [0.1, 0.15) is 13.1 Å². The molecular weight excluding hydrogens is 480 g/mol. The molecule has 0 radical (unpaired) electrons. The van der Waals surface area contributed by atoms with Crippen LogP contribution in [0, 0.1) is 0 Å². The van der Waals surface area contributed by atoms with E-state index >= 15 is 0 Å². The van der Waals surface area contributed by atoms with Crippen LogP contribution in [-0.2, 0) is 14.4 Å². The Balaban J connectivity index is 0.000000448. The number of nitrogens with one attached hydrogen (secondary N) is 2. The molecule has 0 saturated heterocycles. The predicted molar refractivity (Wildman–Crippen MR) is 138 cm³/mol. The van der Waals surface area contributed by atoms with Crippen LogP contribution in [0.5, 0.6) is 0 Å². The summed E-state index contributed by atoms with van der Waals surface area (Å²) in [6, 6.07) is 14.3. The molecule has 204 valence electrons. The first-order valence-corrected chi connectivity index (χ1v) is 12.6. The molecule has 0 bridgehead atoms. The number of unbranched alkanes of at least 4 members (excludes halogenated alkanes) is 1. The second kappa shape index (κ2) is 15.7. The molecule has 0 aromatic heterocycles. The summed E-state index contributed by atoms with van der Waals surface area (Å²) in [6.07, 6.45) is -0.0624. The number of carbonyl (C=O) groups excluding carboxylic acids is 1. The highest BCUT2D eigenvalue weighted by atomic mass is 16.4. The molecule has 0 fully saturated rings. The minimum atomic E-state index is -2.74. The van der Waals surface area contributed by atoms with Crippen LogP contribution < -0.4 is 9.80 Å². The van der Waals surface area contributed by atoms with Crippen LogP contribution in [-0.4, -0.2) is 82.6 Å². The lowest BCUT2D eigenvalue weighted by molar-refractivity contribution is -0.927.